The van der Waals surface area contributed by atoms with Crippen molar-refractivity contribution in [3.05, 3.63) is 12.2 Å². The Morgan fingerprint density at radius 2 is 2.00 bits per heavy atom. The maximum Gasteiger partial charge on any atom is 0.142 e. The van der Waals surface area contributed by atoms with Gasteiger partial charge in [0.25, 0.3) is 0 Å². The highest BCUT2D eigenvalue weighted by atomic mass is 16.1. The van der Waals surface area contributed by atoms with Crippen LogP contribution < -0.4 is 0 Å². The number of aldehydes is 1. The first-order valence-corrected chi connectivity index (χ1v) is 4.25. The van der Waals surface area contributed by atoms with Gasteiger partial charge in [0.15, 0.2) is 0 Å². The normalized spacial score (nSPS) is 12.3. The van der Waals surface area contributed by atoms with Crippen molar-refractivity contribution in [1.29, 1.82) is 0 Å². The van der Waals surface area contributed by atoms with Gasteiger partial charge in [-0.25, -0.2) is 0 Å². The van der Waals surface area contributed by atoms with Crippen molar-refractivity contribution in [3.63, 3.8) is 0 Å². The van der Waals surface area contributed by atoms with Gasteiger partial charge in [0.05, 0.1) is 0 Å². The number of rotatable bonds is 5. The number of hydrogen-bond donors (Lipinski definition) is 0. The van der Waals surface area contributed by atoms with Crippen LogP contribution in [-0.2, 0) is 4.79 Å². The van der Waals surface area contributed by atoms with Crippen LogP contribution >= 0.6 is 0 Å². The van der Waals surface area contributed by atoms with E-state index in [2.05, 4.69) is 20.8 Å². The van der Waals surface area contributed by atoms with E-state index in [-0.39, 0.29) is 5.41 Å². The van der Waals surface area contributed by atoms with Crippen LogP contribution in [0.5, 0.6) is 0 Å². The predicted octanol–water partition coefficient (Wildman–Crippen LogP) is 2.96. The number of allylic oxidation sites excluding steroid dienone is 2. The molecule has 0 saturated carbocycles. The molecule has 0 aliphatic heterocycles. The van der Waals surface area contributed by atoms with Gasteiger partial charge >= 0.3 is 0 Å². The van der Waals surface area contributed by atoms with E-state index in [1.807, 2.05) is 6.08 Å². The topological polar surface area (TPSA) is 17.1 Å². The van der Waals surface area contributed by atoms with Crippen LogP contribution in [0, 0.1) is 5.41 Å². The van der Waals surface area contributed by atoms with Crippen LogP contribution in [0.4, 0.5) is 0 Å². The second-order valence-corrected chi connectivity index (χ2v) is 3.59. The molecule has 0 radical (unpaired) electrons. The summed E-state index contributed by atoms with van der Waals surface area (Å²) in [5, 5.41) is 0. The standard InChI is InChI=1S/C10H18O/c1-4-5-7-10(2,3)8-6-9-11/h6,8-9H,4-5,7H2,1-3H3. The molecule has 0 atom stereocenters. The van der Waals surface area contributed by atoms with Crippen molar-refractivity contribution in [2.45, 2.75) is 40.0 Å². The third-order valence-corrected chi connectivity index (χ3v) is 1.80. The van der Waals surface area contributed by atoms with Gasteiger partial charge < -0.3 is 0 Å². The van der Waals surface area contributed by atoms with E-state index in [0.29, 0.717) is 0 Å². The minimum atomic E-state index is 0.191. The van der Waals surface area contributed by atoms with Crippen molar-refractivity contribution in [2.24, 2.45) is 5.41 Å². The van der Waals surface area contributed by atoms with Crippen molar-refractivity contribution in [2.75, 3.05) is 0 Å². The first kappa shape index (κ1) is 10.4. The molecule has 0 spiro atoms. The van der Waals surface area contributed by atoms with Crippen molar-refractivity contribution < 1.29 is 4.79 Å². The highest BCUT2D eigenvalue weighted by Crippen LogP contribution is 2.24. The van der Waals surface area contributed by atoms with E-state index in [9.17, 15) is 4.79 Å². The van der Waals surface area contributed by atoms with Crippen LogP contribution in [0.2, 0.25) is 0 Å². The minimum Gasteiger partial charge on any atom is -0.299 e. The molecule has 0 amide bonds. The Labute approximate surface area is 69.5 Å². The Morgan fingerprint density at radius 3 is 2.45 bits per heavy atom. The zero-order valence-corrected chi connectivity index (χ0v) is 7.76. The summed E-state index contributed by atoms with van der Waals surface area (Å²) in [7, 11) is 0. The van der Waals surface area contributed by atoms with Crippen LogP contribution in [-0.4, -0.2) is 6.29 Å². The number of carbonyl (C=O) groups is 1. The van der Waals surface area contributed by atoms with Crippen LogP contribution in [0.3, 0.4) is 0 Å². The molecule has 64 valence electrons. The van der Waals surface area contributed by atoms with E-state index in [1.165, 1.54) is 12.8 Å². The molecule has 0 aromatic rings. The summed E-state index contributed by atoms with van der Waals surface area (Å²) in [4.78, 5) is 10.0. The molecular formula is C10H18O. The van der Waals surface area contributed by atoms with Gasteiger partial charge in [-0.15, -0.1) is 0 Å². The Balaban J connectivity index is 3.78. The first-order chi connectivity index (χ1) is 5.12. The zero-order chi connectivity index (χ0) is 8.74. The van der Waals surface area contributed by atoms with Gasteiger partial charge in [0.1, 0.15) is 6.29 Å². The Morgan fingerprint density at radius 1 is 1.36 bits per heavy atom. The monoisotopic (exact) mass is 154 g/mol. The fourth-order valence-electron chi connectivity index (χ4n) is 1.02. The Hall–Kier alpha value is -0.590. The molecule has 0 aliphatic carbocycles. The van der Waals surface area contributed by atoms with Gasteiger partial charge in [-0.05, 0) is 17.9 Å². The summed E-state index contributed by atoms with van der Waals surface area (Å²) < 4.78 is 0. The minimum absolute atomic E-state index is 0.191. The van der Waals surface area contributed by atoms with E-state index in [4.69, 9.17) is 0 Å². The van der Waals surface area contributed by atoms with Crippen LogP contribution in [0.1, 0.15) is 40.0 Å². The molecule has 0 bridgehead atoms. The lowest BCUT2D eigenvalue weighted by Gasteiger charge is -2.18. The molecule has 0 heterocycles. The second-order valence-electron chi connectivity index (χ2n) is 3.59. The summed E-state index contributed by atoms with van der Waals surface area (Å²) in [6.45, 7) is 6.49. The van der Waals surface area contributed by atoms with Gasteiger partial charge in [-0.1, -0.05) is 39.7 Å². The quantitative estimate of drug-likeness (QED) is 0.439. The summed E-state index contributed by atoms with van der Waals surface area (Å²) in [6.07, 6.45) is 8.03. The lowest BCUT2D eigenvalue weighted by atomic mass is 9.87. The third kappa shape index (κ3) is 5.84. The maximum absolute atomic E-state index is 10.0. The van der Waals surface area contributed by atoms with E-state index < -0.39 is 0 Å². The van der Waals surface area contributed by atoms with E-state index in [1.54, 1.807) is 6.08 Å². The summed E-state index contributed by atoms with van der Waals surface area (Å²) in [5.74, 6) is 0. The smallest absolute Gasteiger partial charge is 0.142 e. The first-order valence-electron chi connectivity index (χ1n) is 4.25. The molecule has 0 unspecified atom stereocenters. The lowest BCUT2D eigenvalue weighted by molar-refractivity contribution is -0.104. The largest absolute Gasteiger partial charge is 0.299 e. The van der Waals surface area contributed by atoms with Crippen molar-refractivity contribution in [1.82, 2.24) is 0 Å². The number of unbranched alkanes of at least 4 members (excludes halogenated alkanes) is 1. The highest BCUT2D eigenvalue weighted by Gasteiger charge is 2.11. The fraction of sp³-hybridized carbons (Fsp3) is 0.700. The Bertz CT molecular complexity index is 134. The highest BCUT2D eigenvalue weighted by molar-refractivity contribution is 5.64. The summed E-state index contributed by atoms with van der Waals surface area (Å²) in [6, 6.07) is 0. The Kier molecular flexibility index (Phi) is 4.84. The van der Waals surface area contributed by atoms with Gasteiger partial charge in [-0.3, -0.25) is 4.79 Å². The summed E-state index contributed by atoms with van der Waals surface area (Å²) >= 11 is 0. The van der Waals surface area contributed by atoms with Crippen molar-refractivity contribution >= 4 is 6.29 Å². The van der Waals surface area contributed by atoms with Crippen LogP contribution in [0.25, 0.3) is 0 Å². The SMILES string of the molecule is CCCCC(C)(C)C=CC=O. The molecule has 0 fully saturated rings. The van der Waals surface area contributed by atoms with E-state index in [0.717, 1.165) is 12.7 Å². The van der Waals surface area contributed by atoms with Gasteiger partial charge in [0, 0.05) is 0 Å². The zero-order valence-electron chi connectivity index (χ0n) is 7.76. The molecule has 0 saturated heterocycles. The van der Waals surface area contributed by atoms with E-state index >= 15 is 0 Å². The van der Waals surface area contributed by atoms with Gasteiger partial charge in [0.2, 0.25) is 0 Å². The molecule has 0 aliphatic rings. The van der Waals surface area contributed by atoms with Crippen molar-refractivity contribution in [3.8, 4) is 0 Å². The molecule has 0 aromatic carbocycles. The van der Waals surface area contributed by atoms with Gasteiger partial charge in [-0.2, -0.15) is 0 Å². The third-order valence-electron chi connectivity index (χ3n) is 1.80. The summed E-state index contributed by atoms with van der Waals surface area (Å²) in [5.41, 5.74) is 0.191. The average Bonchev–Trinajstić information content (AvgIpc) is 1.97. The molecule has 0 aromatic heterocycles. The lowest BCUT2D eigenvalue weighted by Crippen LogP contribution is -2.06. The second kappa shape index (κ2) is 5.11. The number of hydrogen-bond acceptors (Lipinski definition) is 1. The average molecular weight is 154 g/mol. The molecule has 11 heavy (non-hydrogen) atoms. The molecule has 0 N–H and O–H groups in total. The molecular weight excluding hydrogens is 136 g/mol. The molecule has 0 rings (SSSR count). The molecule has 1 heteroatoms. The van der Waals surface area contributed by atoms with Crippen LogP contribution in [0.15, 0.2) is 12.2 Å². The number of carbonyl (C=O) groups excluding carboxylic acids is 1. The maximum atomic E-state index is 10.0. The molecule has 1 nitrogen and oxygen atoms in total. The predicted molar refractivity (Wildman–Crippen MR) is 48.5 cm³/mol. The fourth-order valence-corrected chi connectivity index (χ4v) is 1.02.